The minimum absolute atomic E-state index is 0.0961. The number of ether oxygens (including phenoxy) is 1. The first-order valence-corrected chi connectivity index (χ1v) is 5.82. The van der Waals surface area contributed by atoms with Crippen molar-refractivity contribution in [2.45, 2.75) is 19.2 Å². The Labute approximate surface area is 117 Å². The van der Waals surface area contributed by atoms with E-state index in [-0.39, 0.29) is 6.01 Å². The number of hydrogen-bond acceptors (Lipinski definition) is 4. The molecule has 1 amide bonds. The Kier molecular flexibility index (Phi) is 3.83. The zero-order valence-electron chi connectivity index (χ0n) is 10.8. The van der Waals surface area contributed by atoms with E-state index in [9.17, 15) is 18.0 Å². The first kappa shape index (κ1) is 14.8. The zero-order valence-corrected chi connectivity index (χ0v) is 10.8. The van der Waals surface area contributed by atoms with Gasteiger partial charge in [0.1, 0.15) is 6.33 Å². The van der Waals surface area contributed by atoms with Crippen LogP contribution in [0.1, 0.15) is 12.5 Å². The number of aromatic nitrogens is 3. The highest BCUT2D eigenvalue weighted by atomic mass is 19.4. The highest BCUT2D eigenvalue weighted by Gasteiger charge is 2.30. The van der Waals surface area contributed by atoms with Crippen LogP contribution in [0.5, 0.6) is 6.01 Å². The molecular formula is C12H11F3N4O2. The van der Waals surface area contributed by atoms with Crippen LogP contribution < -0.4 is 10.5 Å². The lowest BCUT2D eigenvalue weighted by Gasteiger charge is -2.07. The van der Waals surface area contributed by atoms with Crippen LogP contribution in [0.25, 0.3) is 5.69 Å². The third kappa shape index (κ3) is 3.50. The molecule has 0 spiro atoms. The minimum atomic E-state index is -4.40. The van der Waals surface area contributed by atoms with Crippen molar-refractivity contribution in [3.05, 3.63) is 36.2 Å². The number of carbonyl (C=O) groups is 1. The van der Waals surface area contributed by atoms with E-state index in [1.165, 1.54) is 30.1 Å². The molecule has 9 heteroatoms. The monoisotopic (exact) mass is 300 g/mol. The summed E-state index contributed by atoms with van der Waals surface area (Å²) in [7, 11) is 0. The van der Waals surface area contributed by atoms with Gasteiger partial charge in [-0.25, -0.2) is 4.68 Å². The Morgan fingerprint density at radius 2 is 1.95 bits per heavy atom. The second-order valence-corrected chi connectivity index (χ2v) is 4.18. The van der Waals surface area contributed by atoms with Crippen molar-refractivity contribution in [1.29, 1.82) is 0 Å². The van der Waals surface area contributed by atoms with E-state index in [0.717, 1.165) is 12.1 Å². The number of nitrogens with two attached hydrogens (primary N) is 1. The highest BCUT2D eigenvalue weighted by Crippen LogP contribution is 2.29. The van der Waals surface area contributed by atoms with Gasteiger partial charge >= 0.3 is 12.2 Å². The number of benzene rings is 1. The first-order chi connectivity index (χ1) is 9.77. The number of hydrogen-bond donors (Lipinski definition) is 1. The molecule has 0 saturated carbocycles. The van der Waals surface area contributed by atoms with Crippen molar-refractivity contribution in [3.63, 3.8) is 0 Å². The summed E-state index contributed by atoms with van der Waals surface area (Å²) in [6.45, 7) is 1.43. The first-order valence-electron chi connectivity index (χ1n) is 5.82. The number of primary amides is 1. The van der Waals surface area contributed by atoms with Gasteiger partial charge in [-0.2, -0.15) is 18.2 Å². The molecule has 1 unspecified atom stereocenters. The number of carbonyl (C=O) groups excluding carboxylic acids is 1. The van der Waals surface area contributed by atoms with Gasteiger partial charge in [-0.15, -0.1) is 5.10 Å². The van der Waals surface area contributed by atoms with Crippen LogP contribution in [-0.2, 0) is 11.0 Å². The average Bonchev–Trinajstić information content (AvgIpc) is 2.86. The predicted molar refractivity (Wildman–Crippen MR) is 65.6 cm³/mol. The van der Waals surface area contributed by atoms with Crippen LogP contribution in [0.2, 0.25) is 0 Å². The minimum Gasteiger partial charge on any atom is -0.449 e. The number of nitrogens with zero attached hydrogens (tertiary/aromatic N) is 3. The standard InChI is InChI=1S/C12H11F3N4O2/c1-7(10(16)20)21-11-17-6-19(18-11)9-4-2-8(3-5-9)12(13,14)15/h2-7H,1H3,(H2,16,20). The maximum atomic E-state index is 12.4. The molecule has 0 fully saturated rings. The zero-order chi connectivity index (χ0) is 15.6. The van der Waals surface area contributed by atoms with Crippen LogP contribution in [0.3, 0.4) is 0 Å². The Morgan fingerprint density at radius 1 is 1.33 bits per heavy atom. The second-order valence-electron chi connectivity index (χ2n) is 4.18. The summed E-state index contributed by atoms with van der Waals surface area (Å²) in [5.41, 5.74) is 4.64. The molecule has 2 aromatic rings. The average molecular weight is 300 g/mol. The number of alkyl halides is 3. The van der Waals surface area contributed by atoms with Gasteiger partial charge in [0.15, 0.2) is 6.10 Å². The van der Waals surface area contributed by atoms with Gasteiger partial charge in [0.2, 0.25) is 0 Å². The lowest BCUT2D eigenvalue weighted by molar-refractivity contribution is -0.137. The maximum absolute atomic E-state index is 12.4. The molecule has 21 heavy (non-hydrogen) atoms. The number of rotatable bonds is 4. The van der Waals surface area contributed by atoms with E-state index in [1.54, 1.807) is 0 Å². The van der Waals surface area contributed by atoms with Gasteiger partial charge in [-0.1, -0.05) is 0 Å². The summed E-state index contributed by atoms with van der Waals surface area (Å²) in [6.07, 6.45) is -4.05. The SMILES string of the molecule is CC(Oc1ncn(-c2ccc(C(F)(F)F)cc2)n1)C(N)=O. The summed E-state index contributed by atoms with van der Waals surface area (Å²) in [4.78, 5) is 14.6. The third-order valence-corrected chi connectivity index (χ3v) is 2.61. The molecule has 0 saturated heterocycles. The van der Waals surface area contributed by atoms with Crippen LogP contribution in [0, 0.1) is 0 Å². The van der Waals surface area contributed by atoms with Gasteiger partial charge in [-0.05, 0) is 31.2 Å². The lowest BCUT2D eigenvalue weighted by Crippen LogP contribution is -2.31. The molecule has 0 aliphatic carbocycles. The van der Waals surface area contributed by atoms with Crippen molar-refractivity contribution >= 4 is 5.91 Å². The van der Waals surface area contributed by atoms with E-state index < -0.39 is 23.8 Å². The molecule has 112 valence electrons. The molecule has 0 radical (unpaired) electrons. The molecular weight excluding hydrogens is 289 g/mol. The topological polar surface area (TPSA) is 83.0 Å². The van der Waals surface area contributed by atoms with Gasteiger partial charge in [0.05, 0.1) is 11.3 Å². The molecule has 2 N–H and O–H groups in total. The fraction of sp³-hybridized carbons (Fsp3) is 0.250. The van der Waals surface area contributed by atoms with Crippen molar-refractivity contribution in [2.24, 2.45) is 5.73 Å². The fourth-order valence-electron chi connectivity index (χ4n) is 1.45. The maximum Gasteiger partial charge on any atom is 0.416 e. The number of amides is 1. The molecule has 0 aliphatic heterocycles. The molecule has 2 rings (SSSR count). The van der Waals surface area contributed by atoms with Crippen molar-refractivity contribution < 1.29 is 22.7 Å². The molecule has 0 bridgehead atoms. The molecule has 1 aromatic carbocycles. The normalized spacial score (nSPS) is 13.0. The molecule has 1 heterocycles. The lowest BCUT2D eigenvalue weighted by atomic mass is 10.2. The van der Waals surface area contributed by atoms with Crippen LogP contribution >= 0.6 is 0 Å². The molecule has 1 atom stereocenters. The second kappa shape index (κ2) is 5.43. The predicted octanol–water partition coefficient (Wildman–Crippen LogP) is 1.54. The van der Waals surface area contributed by atoms with Gasteiger partial charge in [0, 0.05) is 0 Å². The van der Waals surface area contributed by atoms with E-state index in [1.807, 2.05) is 0 Å². The Morgan fingerprint density at radius 3 is 2.48 bits per heavy atom. The Hall–Kier alpha value is -2.58. The van der Waals surface area contributed by atoms with E-state index in [2.05, 4.69) is 10.1 Å². The highest BCUT2D eigenvalue weighted by molar-refractivity contribution is 5.78. The smallest absolute Gasteiger partial charge is 0.416 e. The van der Waals surface area contributed by atoms with Crippen molar-refractivity contribution in [3.8, 4) is 11.7 Å². The molecule has 6 nitrogen and oxygen atoms in total. The summed E-state index contributed by atoms with van der Waals surface area (Å²) in [5, 5.41) is 3.89. The summed E-state index contributed by atoms with van der Waals surface area (Å²) >= 11 is 0. The molecule has 0 aliphatic rings. The van der Waals surface area contributed by atoms with Gasteiger partial charge in [-0.3, -0.25) is 4.79 Å². The third-order valence-electron chi connectivity index (χ3n) is 2.61. The quantitative estimate of drug-likeness (QED) is 0.928. The van der Waals surface area contributed by atoms with Crippen LogP contribution in [-0.4, -0.2) is 26.8 Å². The summed E-state index contributed by atoms with van der Waals surface area (Å²) in [6, 6.07) is 4.27. The van der Waals surface area contributed by atoms with E-state index >= 15 is 0 Å². The van der Waals surface area contributed by atoms with Gasteiger partial charge < -0.3 is 10.5 Å². The van der Waals surface area contributed by atoms with Crippen LogP contribution in [0.15, 0.2) is 30.6 Å². The Bertz CT molecular complexity index is 637. The summed E-state index contributed by atoms with van der Waals surface area (Å²) in [5.74, 6) is -0.680. The van der Waals surface area contributed by atoms with Crippen molar-refractivity contribution in [2.75, 3.05) is 0 Å². The summed E-state index contributed by atoms with van der Waals surface area (Å²) < 4.78 is 43.6. The number of halogens is 3. The largest absolute Gasteiger partial charge is 0.449 e. The van der Waals surface area contributed by atoms with E-state index in [0.29, 0.717) is 5.69 Å². The molecule has 1 aromatic heterocycles. The van der Waals surface area contributed by atoms with Crippen LogP contribution in [0.4, 0.5) is 13.2 Å². The van der Waals surface area contributed by atoms with E-state index in [4.69, 9.17) is 10.5 Å². The fourth-order valence-corrected chi connectivity index (χ4v) is 1.45. The van der Waals surface area contributed by atoms with Crippen molar-refractivity contribution in [1.82, 2.24) is 14.8 Å². The van der Waals surface area contributed by atoms with Gasteiger partial charge in [0.25, 0.3) is 5.91 Å². The Balaban J connectivity index is 2.16.